The third-order valence-electron chi connectivity index (χ3n) is 7.30. The molecule has 2 N–H and O–H groups in total. The largest absolute Gasteiger partial charge is 0.352 e. The Kier molecular flexibility index (Phi) is 7.56. The third kappa shape index (κ3) is 5.20. The number of aromatic nitrogens is 2. The molecule has 1 aliphatic heterocycles. The van der Waals surface area contributed by atoms with E-state index in [1.807, 2.05) is 42.5 Å². The Morgan fingerprint density at radius 2 is 1.84 bits per heavy atom. The van der Waals surface area contributed by atoms with Crippen LogP contribution in [0.5, 0.6) is 0 Å². The van der Waals surface area contributed by atoms with Crippen LogP contribution in [-0.2, 0) is 11.2 Å². The Morgan fingerprint density at radius 3 is 2.61 bits per heavy atom. The van der Waals surface area contributed by atoms with Crippen LogP contribution in [0.4, 0.5) is 5.69 Å². The van der Waals surface area contributed by atoms with Crippen molar-refractivity contribution in [1.82, 2.24) is 19.8 Å². The van der Waals surface area contributed by atoms with Crippen LogP contribution in [0.3, 0.4) is 0 Å². The van der Waals surface area contributed by atoms with Crippen molar-refractivity contribution < 1.29 is 4.79 Å². The third-order valence-corrected chi connectivity index (χ3v) is 7.65. The fourth-order valence-corrected chi connectivity index (χ4v) is 5.43. The van der Waals surface area contributed by atoms with Gasteiger partial charge < -0.3 is 20.1 Å². The summed E-state index contributed by atoms with van der Waals surface area (Å²) in [6, 6.07) is 24.3. The highest BCUT2D eigenvalue weighted by molar-refractivity contribution is 7.80. The van der Waals surface area contributed by atoms with Crippen molar-refractivity contribution in [3.8, 4) is 5.69 Å². The van der Waals surface area contributed by atoms with Crippen molar-refractivity contribution in [1.29, 1.82) is 0 Å². The van der Waals surface area contributed by atoms with Gasteiger partial charge in [-0.15, -0.1) is 0 Å². The molecule has 2 aromatic heterocycles. The molecule has 1 fully saturated rings. The molecule has 2 aromatic carbocycles. The van der Waals surface area contributed by atoms with Crippen LogP contribution >= 0.6 is 12.2 Å². The lowest BCUT2D eigenvalue weighted by atomic mass is 10.0. The lowest BCUT2D eigenvalue weighted by molar-refractivity contribution is -0.116. The van der Waals surface area contributed by atoms with E-state index in [1.54, 1.807) is 6.20 Å². The molecule has 6 nitrogen and oxygen atoms in total. The molecule has 0 saturated carbocycles. The number of benzene rings is 2. The lowest BCUT2D eigenvalue weighted by Gasteiger charge is -2.29. The van der Waals surface area contributed by atoms with Gasteiger partial charge in [0.1, 0.15) is 0 Å². The highest BCUT2D eigenvalue weighted by atomic mass is 32.1. The van der Waals surface area contributed by atoms with Gasteiger partial charge in [-0.25, -0.2) is 0 Å². The Hall–Kier alpha value is -3.97. The molecule has 0 aliphatic carbocycles. The highest BCUT2D eigenvalue weighted by Crippen LogP contribution is 2.39. The number of hydrogen-bond acceptors (Lipinski definition) is 3. The Morgan fingerprint density at radius 1 is 1.03 bits per heavy atom. The molecule has 7 heteroatoms. The van der Waals surface area contributed by atoms with Gasteiger partial charge in [-0.3, -0.25) is 9.78 Å². The average Bonchev–Trinajstić information content (AvgIpc) is 3.54. The first-order chi connectivity index (χ1) is 18.5. The molecule has 0 unspecified atom stereocenters. The first kappa shape index (κ1) is 25.7. The maximum absolute atomic E-state index is 13.0. The highest BCUT2D eigenvalue weighted by Gasteiger charge is 2.41. The van der Waals surface area contributed by atoms with Gasteiger partial charge >= 0.3 is 0 Å². The summed E-state index contributed by atoms with van der Waals surface area (Å²) < 4.78 is 2.22. The van der Waals surface area contributed by atoms with Crippen molar-refractivity contribution >= 4 is 28.9 Å². The maximum Gasteiger partial charge on any atom is 0.226 e. The fourth-order valence-electron chi connectivity index (χ4n) is 5.10. The normalized spacial score (nSPS) is 16.9. The van der Waals surface area contributed by atoms with Crippen LogP contribution in [0.25, 0.3) is 5.69 Å². The topological polar surface area (TPSA) is 62.2 Å². The summed E-state index contributed by atoms with van der Waals surface area (Å²) in [7, 11) is 0. The van der Waals surface area contributed by atoms with Gasteiger partial charge in [0.15, 0.2) is 5.11 Å². The van der Waals surface area contributed by atoms with Crippen LogP contribution in [0.15, 0.2) is 85.2 Å². The molecule has 3 heterocycles. The van der Waals surface area contributed by atoms with Crippen molar-refractivity contribution in [2.75, 3.05) is 11.9 Å². The Balaban J connectivity index is 1.45. The van der Waals surface area contributed by atoms with Gasteiger partial charge in [0.05, 0.1) is 17.8 Å². The Labute approximate surface area is 229 Å². The number of aryl methyl sites for hydroxylation is 3. The summed E-state index contributed by atoms with van der Waals surface area (Å²) >= 11 is 5.83. The average molecular weight is 524 g/mol. The zero-order chi connectivity index (χ0) is 26.6. The SMILES string of the molecule is CCc1ccccc1NC(=O)CCN1C(=S)N[C@H](c2ccccn2)[C@@H]1c1cccn1-c1ccc(C)c(C)c1. The fraction of sp³-hybridized carbons (Fsp3) is 0.258. The van der Waals surface area contributed by atoms with Gasteiger partial charge in [-0.2, -0.15) is 0 Å². The van der Waals surface area contributed by atoms with Crippen LogP contribution < -0.4 is 10.6 Å². The van der Waals surface area contributed by atoms with E-state index in [0.717, 1.165) is 34.7 Å². The van der Waals surface area contributed by atoms with Crippen molar-refractivity contribution in [3.63, 3.8) is 0 Å². The molecule has 0 radical (unpaired) electrons. The maximum atomic E-state index is 13.0. The second-order valence-corrected chi connectivity index (χ2v) is 10.1. The van der Waals surface area contributed by atoms with Crippen LogP contribution in [-0.4, -0.2) is 32.0 Å². The molecule has 0 spiro atoms. The number of pyridine rings is 1. The molecular weight excluding hydrogens is 490 g/mol. The molecule has 1 saturated heterocycles. The van der Waals surface area contributed by atoms with Gasteiger partial charge in [0, 0.05) is 42.4 Å². The predicted molar refractivity (Wildman–Crippen MR) is 156 cm³/mol. The van der Waals surface area contributed by atoms with Crippen molar-refractivity contribution in [2.24, 2.45) is 0 Å². The second-order valence-electron chi connectivity index (χ2n) is 9.70. The summed E-state index contributed by atoms with van der Waals surface area (Å²) in [5.41, 5.74) is 7.59. The molecule has 1 amide bonds. The molecule has 2 atom stereocenters. The van der Waals surface area contributed by atoms with Gasteiger partial charge in [-0.1, -0.05) is 37.3 Å². The minimum absolute atomic E-state index is 0.0294. The molecule has 1 aliphatic rings. The second kappa shape index (κ2) is 11.2. The summed E-state index contributed by atoms with van der Waals surface area (Å²) in [5, 5.41) is 7.22. The lowest BCUT2D eigenvalue weighted by Crippen LogP contribution is -2.33. The van der Waals surface area contributed by atoms with Crippen LogP contribution in [0.1, 0.15) is 53.5 Å². The zero-order valence-electron chi connectivity index (χ0n) is 22.0. The molecule has 0 bridgehead atoms. The number of anilines is 1. The number of hydrogen-bond donors (Lipinski definition) is 2. The summed E-state index contributed by atoms with van der Waals surface area (Å²) in [5.74, 6) is -0.0294. The number of rotatable bonds is 8. The number of carbonyl (C=O) groups excluding carboxylic acids is 1. The van der Waals surface area contributed by atoms with E-state index in [9.17, 15) is 4.79 Å². The first-order valence-corrected chi connectivity index (χ1v) is 13.5. The van der Waals surface area contributed by atoms with Crippen molar-refractivity contribution in [3.05, 3.63) is 113 Å². The first-order valence-electron chi connectivity index (χ1n) is 13.1. The molecular formula is C31H33N5OS. The number of thiocarbonyl (C=S) groups is 1. The number of amides is 1. The number of nitrogens with zero attached hydrogens (tertiary/aromatic N) is 3. The van der Waals surface area contributed by atoms with Gasteiger partial charge in [-0.05, 0) is 91.6 Å². The molecule has 5 rings (SSSR count). The van der Waals surface area contributed by atoms with E-state index in [1.165, 1.54) is 11.1 Å². The van der Waals surface area contributed by atoms with Gasteiger partial charge in [0.25, 0.3) is 0 Å². The predicted octanol–water partition coefficient (Wildman–Crippen LogP) is 6.05. The quantitative estimate of drug-likeness (QED) is 0.275. The minimum Gasteiger partial charge on any atom is -0.352 e. The minimum atomic E-state index is -0.146. The van der Waals surface area contributed by atoms with E-state index in [-0.39, 0.29) is 18.0 Å². The van der Waals surface area contributed by atoms with E-state index in [0.29, 0.717) is 18.1 Å². The monoisotopic (exact) mass is 523 g/mol. The zero-order valence-corrected chi connectivity index (χ0v) is 22.8. The number of carbonyl (C=O) groups is 1. The standard InChI is InChI=1S/C31H33N5OS/c1-4-23-10-5-6-11-25(23)33-28(37)16-19-36-30(29(34-31(36)38)26-12-7-8-17-32-26)27-13-9-18-35(27)24-15-14-21(2)22(3)20-24/h5-15,17-18,20,29-30H,4,16,19H2,1-3H3,(H,33,37)(H,34,38)/t29-,30+/m1/s1. The summed E-state index contributed by atoms with van der Waals surface area (Å²) in [4.78, 5) is 19.8. The van der Waals surface area contributed by atoms with E-state index < -0.39 is 0 Å². The van der Waals surface area contributed by atoms with Crippen molar-refractivity contribution in [2.45, 2.75) is 45.7 Å². The number of nitrogens with one attached hydrogen (secondary N) is 2. The van der Waals surface area contributed by atoms with E-state index in [4.69, 9.17) is 12.2 Å². The summed E-state index contributed by atoms with van der Waals surface area (Å²) in [6.07, 6.45) is 5.07. The molecule has 38 heavy (non-hydrogen) atoms. The Bertz CT molecular complexity index is 1450. The van der Waals surface area contributed by atoms with Crippen LogP contribution in [0.2, 0.25) is 0 Å². The van der Waals surface area contributed by atoms with Crippen LogP contribution in [0, 0.1) is 13.8 Å². The smallest absolute Gasteiger partial charge is 0.226 e. The molecule has 4 aromatic rings. The van der Waals surface area contributed by atoms with E-state index >= 15 is 0 Å². The number of para-hydroxylation sites is 1. The molecule has 194 valence electrons. The van der Waals surface area contributed by atoms with E-state index in [2.05, 4.69) is 82.4 Å². The summed E-state index contributed by atoms with van der Waals surface area (Å²) in [6.45, 7) is 6.83. The van der Waals surface area contributed by atoms with Gasteiger partial charge in [0.2, 0.25) is 5.91 Å².